The molecule has 1 heterocycles. The maximum Gasteiger partial charge on any atom is 0.267 e. The Morgan fingerprint density at radius 1 is 1.53 bits per heavy atom. The number of nitrogens with two attached hydrogens (primary N) is 1. The van der Waals surface area contributed by atoms with Crippen molar-refractivity contribution in [3.63, 3.8) is 0 Å². The van der Waals surface area contributed by atoms with E-state index in [1.165, 1.54) is 6.33 Å². The smallest absolute Gasteiger partial charge is 0.267 e. The number of hydrogen-bond donors (Lipinski definition) is 2. The van der Waals surface area contributed by atoms with Crippen LogP contribution in [-0.2, 0) is 0 Å². The third-order valence-corrected chi connectivity index (χ3v) is 3.56. The first-order valence-electron chi connectivity index (χ1n) is 5.37. The lowest BCUT2D eigenvalue weighted by Gasteiger charge is -2.19. The molecule has 0 aliphatic carbocycles. The number of hydrogen-bond acceptors (Lipinski definition) is 4. The van der Waals surface area contributed by atoms with Crippen LogP contribution < -0.4 is 16.2 Å². The van der Waals surface area contributed by atoms with Crippen molar-refractivity contribution in [1.29, 1.82) is 0 Å². The summed E-state index contributed by atoms with van der Waals surface area (Å²) in [7, 11) is 1.81. The van der Waals surface area contributed by atoms with Gasteiger partial charge in [0.1, 0.15) is 9.46 Å². The SMILES string of the molecule is CN(c1cccc(C(N)=S)c1)c1nc[nH]c(=O)c1Br. The Morgan fingerprint density at radius 2 is 2.26 bits per heavy atom. The van der Waals surface area contributed by atoms with Gasteiger partial charge < -0.3 is 15.6 Å². The first kappa shape index (κ1) is 13.7. The molecule has 3 N–H and O–H groups in total. The Bertz CT molecular complexity index is 685. The number of nitrogens with one attached hydrogen (secondary N) is 1. The van der Waals surface area contributed by atoms with E-state index in [9.17, 15) is 4.79 Å². The molecular formula is C12H11BrN4OS. The molecule has 98 valence electrons. The van der Waals surface area contributed by atoms with E-state index in [-0.39, 0.29) is 5.56 Å². The first-order valence-corrected chi connectivity index (χ1v) is 6.57. The highest BCUT2D eigenvalue weighted by atomic mass is 79.9. The summed E-state index contributed by atoms with van der Waals surface area (Å²) in [5, 5.41) is 0. The molecule has 19 heavy (non-hydrogen) atoms. The number of rotatable bonds is 3. The second kappa shape index (κ2) is 5.50. The first-order chi connectivity index (χ1) is 9.00. The van der Waals surface area contributed by atoms with Gasteiger partial charge in [0.25, 0.3) is 5.56 Å². The number of halogens is 1. The average Bonchev–Trinajstić information content (AvgIpc) is 2.41. The van der Waals surface area contributed by atoms with Gasteiger partial charge in [-0.3, -0.25) is 4.79 Å². The van der Waals surface area contributed by atoms with Crippen molar-refractivity contribution in [2.24, 2.45) is 5.73 Å². The van der Waals surface area contributed by atoms with Crippen LogP contribution in [0.3, 0.4) is 0 Å². The van der Waals surface area contributed by atoms with Crippen molar-refractivity contribution in [3.05, 3.63) is 51.0 Å². The fraction of sp³-hybridized carbons (Fsp3) is 0.0833. The summed E-state index contributed by atoms with van der Waals surface area (Å²) in [6, 6.07) is 7.41. The lowest BCUT2D eigenvalue weighted by Crippen LogP contribution is -2.18. The summed E-state index contributed by atoms with van der Waals surface area (Å²) >= 11 is 8.18. The second-order valence-corrected chi connectivity index (χ2v) is 5.08. The molecule has 1 aromatic carbocycles. The zero-order valence-electron chi connectivity index (χ0n) is 10.1. The fourth-order valence-corrected chi connectivity index (χ4v) is 2.21. The Kier molecular flexibility index (Phi) is 3.96. The molecule has 7 heteroatoms. The van der Waals surface area contributed by atoms with Crippen LogP contribution >= 0.6 is 28.1 Å². The van der Waals surface area contributed by atoms with Gasteiger partial charge in [0.05, 0.1) is 6.33 Å². The molecule has 2 aromatic rings. The van der Waals surface area contributed by atoms with E-state index < -0.39 is 0 Å². The van der Waals surface area contributed by atoms with Gasteiger partial charge in [-0.15, -0.1) is 0 Å². The lowest BCUT2D eigenvalue weighted by molar-refractivity contribution is 1.04. The van der Waals surface area contributed by atoms with Crippen molar-refractivity contribution in [3.8, 4) is 0 Å². The molecule has 1 aromatic heterocycles. The number of aromatic amines is 1. The molecule has 0 saturated carbocycles. The monoisotopic (exact) mass is 338 g/mol. The van der Waals surface area contributed by atoms with Gasteiger partial charge in [0.2, 0.25) is 0 Å². The third-order valence-electron chi connectivity index (χ3n) is 2.61. The van der Waals surface area contributed by atoms with Crippen LogP contribution in [0, 0.1) is 0 Å². The number of thiocarbonyl (C=S) groups is 1. The van der Waals surface area contributed by atoms with E-state index in [0.29, 0.717) is 15.3 Å². The molecule has 0 saturated heterocycles. The van der Waals surface area contributed by atoms with E-state index in [0.717, 1.165) is 11.3 Å². The van der Waals surface area contributed by atoms with E-state index in [1.807, 2.05) is 31.3 Å². The van der Waals surface area contributed by atoms with Gasteiger partial charge in [-0.2, -0.15) is 0 Å². The number of nitrogens with zero attached hydrogens (tertiary/aromatic N) is 2. The predicted octanol–water partition coefficient (Wildman–Crippen LogP) is 1.93. The Balaban J connectivity index is 2.47. The second-order valence-electron chi connectivity index (χ2n) is 3.84. The minimum absolute atomic E-state index is 0.234. The van der Waals surface area contributed by atoms with Crippen LogP contribution in [0.2, 0.25) is 0 Å². The summed E-state index contributed by atoms with van der Waals surface area (Å²) in [4.78, 5) is 20.3. The largest absolute Gasteiger partial charge is 0.389 e. The van der Waals surface area contributed by atoms with Crippen LogP contribution in [-0.4, -0.2) is 22.0 Å². The molecule has 0 bridgehead atoms. The quantitative estimate of drug-likeness (QED) is 0.836. The van der Waals surface area contributed by atoms with Crippen molar-refractivity contribution >= 4 is 44.6 Å². The number of benzene rings is 1. The molecule has 0 fully saturated rings. The van der Waals surface area contributed by atoms with Crippen LogP contribution in [0.1, 0.15) is 5.56 Å². The van der Waals surface area contributed by atoms with Gasteiger partial charge in [0.15, 0.2) is 5.82 Å². The molecule has 5 nitrogen and oxygen atoms in total. The van der Waals surface area contributed by atoms with Crippen LogP contribution in [0.4, 0.5) is 11.5 Å². The zero-order valence-corrected chi connectivity index (χ0v) is 12.5. The van der Waals surface area contributed by atoms with Gasteiger partial charge in [0, 0.05) is 18.3 Å². The van der Waals surface area contributed by atoms with Crippen LogP contribution in [0.5, 0.6) is 0 Å². The van der Waals surface area contributed by atoms with Crippen molar-refractivity contribution in [2.75, 3.05) is 11.9 Å². The van der Waals surface area contributed by atoms with Crippen LogP contribution in [0.25, 0.3) is 0 Å². The number of aromatic nitrogens is 2. The maximum absolute atomic E-state index is 11.5. The highest BCUT2D eigenvalue weighted by molar-refractivity contribution is 9.10. The standard InChI is InChI=1S/C12H11BrN4OS/c1-17(11-9(13)12(18)16-6-15-11)8-4-2-3-7(5-8)10(14)19/h2-6H,1H3,(H2,14,19)(H,15,16,18). The van der Waals surface area contributed by atoms with Crippen molar-refractivity contribution in [1.82, 2.24) is 9.97 Å². The summed E-state index contributed by atoms with van der Waals surface area (Å²) in [6.07, 6.45) is 1.36. The van der Waals surface area contributed by atoms with Crippen molar-refractivity contribution in [2.45, 2.75) is 0 Å². The molecule has 0 radical (unpaired) electrons. The topological polar surface area (TPSA) is 75.0 Å². The highest BCUT2D eigenvalue weighted by Gasteiger charge is 2.12. The lowest BCUT2D eigenvalue weighted by atomic mass is 10.2. The predicted molar refractivity (Wildman–Crippen MR) is 83.0 cm³/mol. The minimum Gasteiger partial charge on any atom is -0.389 e. The molecule has 0 atom stereocenters. The number of anilines is 2. The summed E-state index contributed by atoms with van der Waals surface area (Å²) < 4.78 is 0.373. The van der Waals surface area contributed by atoms with Gasteiger partial charge in [-0.05, 0) is 28.1 Å². The summed E-state index contributed by atoms with van der Waals surface area (Å²) in [5.41, 5.74) is 6.98. The maximum atomic E-state index is 11.5. The highest BCUT2D eigenvalue weighted by Crippen LogP contribution is 2.26. The Labute approximate surface area is 123 Å². The van der Waals surface area contributed by atoms with Gasteiger partial charge in [-0.1, -0.05) is 24.4 Å². The molecule has 0 aliphatic rings. The van der Waals surface area contributed by atoms with Crippen LogP contribution in [0.15, 0.2) is 39.9 Å². The summed E-state index contributed by atoms with van der Waals surface area (Å²) in [5.74, 6) is 0.517. The molecule has 0 aliphatic heterocycles. The molecule has 0 unspecified atom stereocenters. The Morgan fingerprint density at radius 3 is 2.95 bits per heavy atom. The van der Waals surface area contributed by atoms with Crippen molar-refractivity contribution < 1.29 is 0 Å². The normalized spacial score (nSPS) is 10.2. The summed E-state index contributed by atoms with van der Waals surface area (Å²) in [6.45, 7) is 0. The zero-order chi connectivity index (χ0) is 14.0. The van der Waals surface area contributed by atoms with E-state index in [4.69, 9.17) is 18.0 Å². The minimum atomic E-state index is -0.234. The molecular weight excluding hydrogens is 328 g/mol. The fourth-order valence-electron chi connectivity index (χ4n) is 1.60. The molecule has 0 amide bonds. The van der Waals surface area contributed by atoms with E-state index in [1.54, 1.807) is 4.90 Å². The molecule has 0 spiro atoms. The average molecular weight is 339 g/mol. The third kappa shape index (κ3) is 2.82. The molecule has 2 rings (SSSR count). The number of H-pyrrole nitrogens is 1. The van der Waals surface area contributed by atoms with E-state index >= 15 is 0 Å². The van der Waals surface area contributed by atoms with Gasteiger partial charge in [-0.25, -0.2) is 4.98 Å². The Hall–Kier alpha value is -1.73. The van der Waals surface area contributed by atoms with Gasteiger partial charge >= 0.3 is 0 Å². The van der Waals surface area contributed by atoms with E-state index in [2.05, 4.69) is 25.9 Å².